The lowest BCUT2D eigenvalue weighted by Crippen LogP contribution is -2.35. The number of anilines is 1. The van der Waals surface area contributed by atoms with Gasteiger partial charge in [0.25, 0.3) is 0 Å². The van der Waals surface area contributed by atoms with Crippen LogP contribution in [-0.2, 0) is 17.9 Å². The molecule has 6 nitrogen and oxygen atoms in total. The summed E-state index contributed by atoms with van der Waals surface area (Å²) in [6, 6.07) is 11.8. The molecule has 0 radical (unpaired) electrons. The molecule has 158 valence electrons. The van der Waals surface area contributed by atoms with Crippen molar-refractivity contribution in [1.29, 1.82) is 0 Å². The van der Waals surface area contributed by atoms with Crippen LogP contribution < -0.4 is 5.32 Å². The SMILES string of the molecule is CCN(CC)CCN(Cc1ccccn1)Cc1cccc(NC(=O)C(C)(C)C)n1. The summed E-state index contributed by atoms with van der Waals surface area (Å²) in [6.07, 6.45) is 1.83. The maximum absolute atomic E-state index is 12.3. The molecule has 1 amide bonds. The highest BCUT2D eigenvalue weighted by molar-refractivity contribution is 5.93. The minimum atomic E-state index is -0.452. The highest BCUT2D eigenvalue weighted by Gasteiger charge is 2.21. The molecule has 1 N–H and O–H groups in total. The van der Waals surface area contributed by atoms with Gasteiger partial charge in [-0.3, -0.25) is 14.7 Å². The largest absolute Gasteiger partial charge is 0.310 e. The number of carbonyl (C=O) groups excluding carboxylic acids is 1. The van der Waals surface area contributed by atoms with Gasteiger partial charge in [0.1, 0.15) is 5.82 Å². The first-order chi connectivity index (χ1) is 13.8. The molecule has 0 saturated heterocycles. The minimum absolute atomic E-state index is 0.0333. The molecule has 0 aliphatic heterocycles. The van der Waals surface area contributed by atoms with Gasteiger partial charge in [-0.1, -0.05) is 46.8 Å². The molecule has 0 atom stereocenters. The molecule has 0 aromatic carbocycles. The normalized spacial score (nSPS) is 11.8. The number of aromatic nitrogens is 2. The number of rotatable bonds is 10. The van der Waals surface area contributed by atoms with E-state index in [0.717, 1.165) is 44.1 Å². The fourth-order valence-corrected chi connectivity index (χ4v) is 2.93. The number of nitrogens with zero attached hydrogens (tertiary/aromatic N) is 4. The van der Waals surface area contributed by atoms with Crippen LogP contribution in [0.2, 0.25) is 0 Å². The number of likely N-dealkylation sites (N-methyl/N-ethyl adjacent to an activating group) is 1. The van der Waals surface area contributed by atoms with Gasteiger partial charge in [0.15, 0.2) is 0 Å². The molecule has 0 spiro atoms. The van der Waals surface area contributed by atoms with E-state index in [2.05, 4.69) is 45.0 Å². The number of amides is 1. The van der Waals surface area contributed by atoms with E-state index < -0.39 is 5.41 Å². The van der Waals surface area contributed by atoms with Gasteiger partial charge in [-0.15, -0.1) is 0 Å². The molecule has 0 unspecified atom stereocenters. The molecular formula is C23H35N5O. The standard InChI is InChI=1S/C23H35N5O/c1-6-27(7-2)15-16-28(17-19-11-8-9-14-24-19)18-20-12-10-13-21(25-20)26-22(29)23(3,4)5/h8-14H,6-7,15-18H2,1-5H3,(H,25,26,29). The van der Waals surface area contributed by atoms with E-state index in [1.165, 1.54) is 0 Å². The van der Waals surface area contributed by atoms with Gasteiger partial charge in [0.05, 0.1) is 11.4 Å². The Morgan fingerprint density at radius 2 is 1.59 bits per heavy atom. The van der Waals surface area contributed by atoms with Crippen LogP contribution in [0, 0.1) is 5.41 Å². The van der Waals surface area contributed by atoms with Crippen LogP contribution in [0.3, 0.4) is 0 Å². The molecule has 29 heavy (non-hydrogen) atoms. The zero-order chi connectivity index (χ0) is 21.3. The zero-order valence-corrected chi connectivity index (χ0v) is 18.5. The lowest BCUT2D eigenvalue weighted by Gasteiger charge is -2.26. The van der Waals surface area contributed by atoms with E-state index in [9.17, 15) is 4.79 Å². The van der Waals surface area contributed by atoms with E-state index in [0.29, 0.717) is 12.4 Å². The minimum Gasteiger partial charge on any atom is -0.310 e. The molecule has 0 saturated carbocycles. The van der Waals surface area contributed by atoms with Crippen molar-refractivity contribution < 1.29 is 4.79 Å². The summed E-state index contributed by atoms with van der Waals surface area (Å²) in [6.45, 7) is 15.6. The Bertz CT molecular complexity index is 753. The Kier molecular flexibility index (Phi) is 8.73. The average molecular weight is 398 g/mol. The molecule has 0 aliphatic rings. The second-order valence-corrected chi connectivity index (χ2v) is 8.28. The number of carbonyl (C=O) groups is 1. The third kappa shape index (κ3) is 7.91. The Morgan fingerprint density at radius 1 is 0.931 bits per heavy atom. The summed E-state index contributed by atoms with van der Waals surface area (Å²) in [4.78, 5) is 26.2. The topological polar surface area (TPSA) is 61.4 Å². The second kappa shape index (κ2) is 11.0. The van der Waals surface area contributed by atoms with Crippen LogP contribution >= 0.6 is 0 Å². The van der Waals surface area contributed by atoms with Crippen molar-refractivity contribution in [3.8, 4) is 0 Å². The van der Waals surface area contributed by atoms with Crippen LogP contribution in [0.5, 0.6) is 0 Å². The quantitative estimate of drug-likeness (QED) is 0.661. The number of hydrogen-bond donors (Lipinski definition) is 1. The van der Waals surface area contributed by atoms with E-state index >= 15 is 0 Å². The second-order valence-electron chi connectivity index (χ2n) is 8.28. The molecule has 2 rings (SSSR count). The Labute approximate surface area is 175 Å². The van der Waals surface area contributed by atoms with Gasteiger partial charge < -0.3 is 10.2 Å². The fraction of sp³-hybridized carbons (Fsp3) is 0.522. The van der Waals surface area contributed by atoms with Crippen molar-refractivity contribution in [2.24, 2.45) is 5.41 Å². The zero-order valence-electron chi connectivity index (χ0n) is 18.5. The Morgan fingerprint density at radius 3 is 2.21 bits per heavy atom. The lowest BCUT2D eigenvalue weighted by molar-refractivity contribution is -0.123. The summed E-state index contributed by atoms with van der Waals surface area (Å²) >= 11 is 0. The van der Waals surface area contributed by atoms with Gasteiger partial charge in [0, 0.05) is 37.8 Å². The van der Waals surface area contributed by atoms with Crippen LogP contribution in [-0.4, -0.2) is 51.9 Å². The predicted octanol–water partition coefficient (Wildman–Crippen LogP) is 3.81. The third-order valence-electron chi connectivity index (χ3n) is 4.85. The molecule has 6 heteroatoms. The van der Waals surface area contributed by atoms with Crippen molar-refractivity contribution in [1.82, 2.24) is 19.8 Å². The summed E-state index contributed by atoms with van der Waals surface area (Å²) in [5, 5.41) is 2.92. The lowest BCUT2D eigenvalue weighted by atomic mass is 9.96. The predicted molar refractivity (Wildman–Crippen MR) is 118 cm³/mol. The first kappa shape index (κ1) is 23.0. The molecule has 0 fully saturated rings. The van der Waals surface area contributed by atoms with Crippen molar-refractivity contribution in [2.75, 3.05) is 31.5 Å². The van der Waals surface area contributed by atoms with Gasteiger partial charge in [-0.2, -0.15) is 0 Å². The molecule has 2 aromatic rings. The van der Waals surface area contributed by atoms with Gasteiger partial charge in [-0.05, 0) is 37.4 Å². The first-order valence-electron chi connectivity index (χ1n) is 10.4. The molecule has 2 heterocycles. The Balaban J connectivity index is 2.10. The molecule has 0 bridgehead atoms. The average Bonchev–Trinajstić information content (AvgIpc) is 2.69. The summed E-state index contributed by atoms with van der Waals surface area (Å²) in [7, 11) is 0. The van der Waals surface area contributed by atoms with Crippen LogP contribution in [0.25, 0.3) is 0 Å². The number of hydrogen-bond acceptors (Lipinski definition) is 5. The smallest absolute Gasteiger partial charge is 0.230 e. The highest BCUT2D eigenvalue weighted by atomic mass is 16.2. The van der Waals surface area contributed by atoms with Crippen molar-refractivity contribution >= 4 is 11.7 Å². The maximum Gasteiger partial charge on any atom is 0.230 e. The van der Waals surface area contributed by atoms with Crippen molar-refractivity contribution in [2.45, 2.75) is 47.7 Å². The monoisotopic (exact) mass is 397 g/mol. The van der Waals surface area contributed by atoms with Crippen LogP contribution in [0.4, 0.5) is 5.82 Å². The van der Waals surface area contributed by atoms with E-state index in [4.69, 9.17) is 0 Å². The Hall–Kier alpha value is -2.31. The van der Waals surface area contributed by atoms with Gasteiger partial charge >= 0.3 is 0 Å². The van der Waals surface area contributed by atoms with Crippen molar-refractivity contribution in [3.05, 3.63) is 54.0 Å². The summed E-state index contributed by atoms with van der Waals surface area (Å²) in [5.41, 5.74) is 1.53. The third-order valence-corrected chi connectivity index (χ3v) is 4.85. The van der Waals surface area contributed by atoms with E-state index in [1.54, 1.807) is 0 Å². The van der Waals surface area contributed by atoms with Crippen molar-refractivity contribution in [3.63, 3.8) is 0 Å². The molecule has 2 aromatic heterocycles. The maximum atomic E-state index is 12.3. The first-order valence-corrected chi connectivity index (χ1v) is 10.4. The molecular weight excluding hydrogens is 362 g/mol. The highest BCUT2D eigenvalue weighted by Crippen LogP contribution is 2.17. The summed E-state index contributed by atoms with van der Waals surface area (Å²) in [5.74, 6) is 0.568. The number of pyridine rings is 2. The van der Waals surface area contributed by atoms with Gasteiger partial charge in [-0.25, -0.2) is 4.98 Å². The molecule has 0 aliphatic carbocycles. The van der Waals surface area contributed by atoms with Crippen LogP contribution in [0.15, 0.2) is 42.6 Å². The number of nitrogens with one attached hydrogen (secondary N) is 1. The van der Waals surface area contributed by atoms with E-state index in [1.807, 2.05) is 57.3 Å². The van der Waals surface area contributed by atoms with Gasteiger partial charge in [0.2, 0.25) is 5.91 Å². The van der Waals surface area contributed by atoms with Crippen LogP contribution in [0.1, 0.15) is 46.0 Å². The fourth-order valence-electron chi connectivity index (χ4n) is 2.93. The van der Waals surface area contributed by atoms with E-state index in [-0.39, 0.29) is 5.91 Å². The summed E-state index contributed by atoms with van der Waals surface area (Å²) < 4.78 is 0.